The molecule has 4 heteroatoms. The molecule has 10 rings (SSSR count). The van der Waals surface area contributed by atoms with Crippen molar-refractivity contribution < 1.29 is 8.83 Å². The van der Waals surface area contributed by atoms with Crippen LogP contribution in [0.15, 0.2) is 191 Å². The van der Waals surface area contributed by atoms with Crippen LogP contribution >= 0.6 is 0 Å². The first-order valence-electron chi connectivity index (χ1n) is 17.1. The number of hydrogen-bond acceptors (Lipinski definition) is 4. The van der Waals surface area contributed by atoms with Crippen LogP contribution in [-0.2, 0) is 0 Å². The van der Waals surface area contributed by atoms with Gasteiger partial charge in [-0.2, -0.15) is 0 Å². The average molecular weight is 655 g/mol. The molecular weight excluding hydrogens is 625 g/mol. The van der Waals surface area contributed by atoms with E-state index < -0.39 is 0 Å². The zero-order valence-corrected chi connectivity index (χ0v) is 27.5. The number of hydrogen-bond donors (Lipinski definition) is 0. The minimum absolute atomic E-state index is 0.608. The van der Waals surface area contributed by atoms with Crippen LogP contribution in [0.1, 0.15) is 0 Å². The molecule has 0 spiro atoms. The fourth-order valence-electron chi connectivity index (χ4n) is 7.08. The van der Waals surface area contributed by atoms with Crippen molar-refractivity contribution in [2.45, 2.75) is 0 Å². The third kappa shape index (κ3) is 5.22. The lowest BCUT2D eigenvalue weighted by molar-refractivity contribution is 0.620. The predicted molar refractivity (Wildman–Crippen MR) is 210 cm³/mol. The molecule has 240 valence electrons. The molecule has 0 fully saturated rings. The monoisotopic (exact) mass is 654 g/mol. The molecule has 0 atom stereocenters. The van der Waals surface area contributed by atoms with Crippen molar-refractivity contribution in [1.29, 1.82) is 0 Å². The average Bonchev–Trinajstić information content (AvgIpc) is 3.78. The second kappa shape index (κ2) is 11.9. The second-order valence-electron chi connectivity index (χ2n) is 12.8. The molecule has 2 heterocycles. The molecular formula is C47H30N2O2. The van der Waals surface area contributed by atoms with Crippen LogP contribution in [0.25, 0.3) is 77.5 Å². The van der Waals surface area contributed by atoms with Gasteiger partial charge in [-0.1, -0.05) is 109 Å². The van der Waals surface area contributed by atoms with Gasteiger partial charge >= 0.3 is 0 Å². The minimum atomic E-state index is 0.608. The SMILES string of the molecule is c1ccc(-c2ccc(N(c3ccc(-c4ccc5c(c4)oc4cc6nc(-c7ccccc7)oc6cc45)cc3)c3ccc4ccccc4c3)cc2)cc1. The van der Waals surface area contributed by atoms with E-state index in [1.54, 1.807) is 0 Å². The smallest absolute Gasteiger partial charge is 0.227 e. The van der Waals surface area contributed by atoms with E-state index in [1.165, 1.54) is 21.9 Å². The van der Waals surface area contributed by atoms with Crippen molar-refractivity contribution in [3.05, 3.63) is 182 Å². The molecule has 0 radical (unpaired) electrons. The summed E-state index contributed by atoms with van der Waals surface area (Å²) in [7, 11) is 0. The van der Waals surface area contributed by atoms with Gasteiger partial charge in [0, 0.05) is 39.5 Å². The lowest BCUT2D eigenvalue weighted by atomic mass is 10.0. The summed E-state index contributed by atoms with van der Waals surface area (Å²) in [6.07, 6.45) is 0. The van der Waals surface area contributed by atoms with Crippen molar-refractivity contribution >= 4 is 60.9 Å². The Kier molecular flexibility index (Phi) is 6.78. The van der Waals surface area contributed by atoms with E-state index in [4.69, 9.17) is 13.8 Å². The Morgan fingerprint density at radius 3 is 1.65 bits per heavy atom. The summed E-state index contributed by atoms with van der Waals surface area (Å²) in [5.41, 5.74) is 12.0. The van der Waals surface area contributed by atoms with Gasteiger partial charge in [0.05, 0.1) is 0 Å². The zero-order valence-electron chi connectivity index (χ0n) is 27.5. The maximum Gasteiger partial charge on any atom is 0.227 e. The van der Waals surface area contributed by atoms with E-state index in [2.05, 4.69) is 144 Å². The first-order valence-corrected chi connectivity index (χ1v) is 17.1. The molecule has 0 N–H and O–H groups in total. The number of rotatable bonds is 6. The quantitative estimate of drug-likeness (QED) is 0.179. The standard InChI is InChI=1S/C47H30N2O2/c1-3-9-31(10-4-1)33-15-21-38(22-16-33)49(40-25-19-32-11-7-8-14-36(32)27-40)39-23-17-34(18-24-39)37-20-26-41-42-29-46-43(30-45(42)50-44(41)28-37)48-47(51-46)35-12-5-2-6-13-35/h1-30H. The van der Waals surface area contributed by atoms with E-state index in [9.17, 15) is 0 Å². The number of oxazole rings is 1. The highest BCUT2D eigenvalue weighted by molar-refractivity contribution is 6.09. The number of anilines is 3. The van der Waals surface area contributed by atoms with Gasteiger partial charge in [-0.15, -0.1) is 0 Å². The number of benzene rings is 8. The molecule has 0 aliphatic rings. The van der Waals surface area contributed by atoms with E-state index >= 15 is 0 Å². The molecule has 51 heavy (non-hydrogen) atoms. The Balaban J connectivity index is 1.00. The number of fused-ring (bicyclic) bond motifs is 5. The number of aromatic nitrogens is 1. The summed E-state index contributed by atoms with van der Waals surface area (Å²) in [6, 6.07) is 63.6. The predicted octanol–water partition coefficient (Wildman–Crippen LogP) is 13.4. The molecule has 0 bridgehead atoms. The van der Waals surface area contributed by atoms with E-state index in [0.717, 1.165) is 66.8 Å². The third-order valence-corrected chi connectivity index (χ3v) is 9.68. The number of furan rings is 1. The lowest BCUT2D eigenvalue weighted by Crippen LogP contribution is -2.09. The summed E-state index contributed by atoms with van der Waals surface area (Å²) in [6.45, 7) is 0. The maximum atomic E-state index is 6.40. The lowest BCUT2D eigenvalue weighted by Gasteiger charge is -2.26. The molecule has 0 amide bonds. The molecule has 2 aromatic heterocycles. The van der Waals surface area contributed by atoms with Crippen molar-refractivity contribution in [2.75, 3.05) is 4.90 Å². The molecule has 0 saturated heterocycles. The fraction of sp³-hybridized carbons (Fsp3) is 0. The molecule has 8 aromatic carbocycles. The second-order valence-corrected chi connectivity index (χ2v) is 12.8. The van der Waals surface area contributed by atoms with Gasteiger partial charge in [0.1, 0.15) is 16.7 Å². The van der Waals surface area contributed by atoms with Crippen LogP contribution in [0, 0.1) is 0 Å². The van der Waals surface area contributed by atoms with Crippen LogP contribution in [0.3, 0.4) is 0 Å². The molecule has 0 aliphatic carbocycles. The summed E-state index contributed by atoms with van der Waals surface area (Å²) in [5, 5.41) is 4.49. The van der Waals surface area contributed by atoms with Crippen LogP contribution in [-0.4, -0.2) is 4.98 Å². The third-order valence-electron chi connectivity index (χ3n) is 9.68. The summed E-state index contributed by atoms with van der Waals surface area (Å²) in [5.74, 6) is 0.608. The number of nitrogens with zero attached hydrogens (tertiary/aromatic N) is 2. The van der Waals surface area contributed by atoms with E-state index in [-0.39, 0.29) is 0 Å². The van der Waals surface area contributed by atoms with Crippen molar-refractivity contribution in [1.82, 2.24) is 4.98 Å². The Morgan fingerprint density at radius 2 is 0.922 bits per heavy atom. The Morgan fingerprint density at radius 1 is 0.353 bits per heavy atom. The van der Waals surface area contributed by atoms with Crippen molar-refractivity contribution in [3.8, 4) is 33.7 Å². The molecule has 4 nitrogen and oxygen atoms in total. The summed E-state index contributed by atoms with van der Waals surface area (Å²) >= 11 is 0. The van der Waals surface area contributed by atoms with E-state index in [1.807, 2.05) is 42.5 Å². The maximum absolute atomic E-state index is 6.40. The van der Waals surface area contributed by atoms with Gasteiger partial charge in [-0.3, -0.25) is 0 Å². The minimum Gasteiger partial charge on any atom is -0.456 e. The molecule has 10 aromatic rings. The van der Waals surface area contributed by atoms with E-state index in [0.29, 0.717) is 5.89 Å². The van der Waals surface area contributed by atoms with Gasteiger partial charge < -0.3 is 13.7 Å². The van der Waals surface area contributed by atoms with Gasteiger partial charge in [0.15, 0.2) is 5.58 Å². The van der Waals surface area contributed by atoms with Crippen molar-refractivity contribution in [3.63, 3.8) is 0 Å². The Hall–Kier alpha value is -6.91. The Labute approximate surface area is 294 Å². The molecule has 0 aliphatic heterocycles. The van der Waals surface area contributed by atoms with Crippen molar-refractivity contribution in [2.24, 2.45) is 0 Å². The first-order chi connectivity index (χ1) is 25.2. The van der Waals surface area contributed by atoms with Gasteiger partial charge in [-0.05, 0) is 99.8 Å². The summed E-state index contributed by atoms with van der Waals surface area (Å²) in [4.78, 5) is 7.06. The van der Waals surface area contributed by atoms with Gasteiger partial charge in [0.2, 0.25) is 5.89 Å². The highest BCUT2D eigenvalue weighted by atomic mass is 16.4. The van der Waals surface area contributed by atoms with Gasteiger partial charge in [0.25, 0.3) is 0 Å². The largest absolute Gasteiger partial charge is 0.456 e. The van der Waals surface area contributed by atoms with Gasteiger partial charge in [-0.25, -0.2) is 4.98 Å². The topological polar surface area (TPSA) is 42.4 Å². The highest BCUT2D eigenvalue weighted by Gasteiger charge is 2.16. The van der Waals surface area contributed by atoms with Crippen LogP contribution in [0.5, 0.6) is 0 Å². The molecule has 0 unspecified atom stereocenters. The van der Waals surface area contributed by atoms with Crippen LogP contribution in [0.4, 0.5) is 17.1 Å². The van der Waals surface area contributed by atoms with Crippen LogP contribution < -0.4 is 4.90 Å². The normalized spacial score (nSPS) is 11.5. The highest BCUT2D eigenvalue weighted by Crippen LogP contribution is 2.39. The first kappa shape index (κ1) is 29.0. The zero-order chi connectivity index (χ0) is 33.7. The fourth-order valence-corrected chi connectivity index (χ4v) is 7.08. The molecule has 0 saturated carbocycles. The summed E-state index contributed by atoms with van der Waals surface area (Å²) < 4.78 is 12.6. The van der Waals surface area contributed by atoms with Crippen LogP contribution in [0.2, 0.25) is 0 Å². The Bertz CT molecular complexity index is 2840.